The minimum Gasteiger partial charge on any atom is -0.507 e. The van der Waals surface area contributed by atoms with Crippen LogP contribution in [0.25, 0.3) is 0 Å². The van der Waals surface area contributed by atoms with Crippen molar-refractivity contribution in [3.05, 3.63) is 60.2 Å². The fourth-order valence-electron chi connectivity index (χ4n) is 2.17. The summed E-state index contributed by atoms with van der Waals surface area (Å²) in [5.74, 6) is 0.259. The van der Waals surface area contributed by atoms with Crippen molar-refractivity contribution in [2.45, 2.75) is 12.8 Å². The first-order chi connectivity index (χ1) is 12.2. The van der Waals surface area contributed by atoms with Crippen LogP contribution in [0, 0.1) is 0 Å². The third-order valence-electron chi connectivity index (χ3n) is 3.44. The zero-order valence-electron chi connectivity index (χ0n) is 13.9. The summed E-state index contributed by atoms with van der Waals surface area (Å²) in [7, 11) is 0. The molecule has 2 aromatic rings. The number of rotatable bonds is 9. The van der Waals surface area contributed by atoms with Crippen LogP contribution in [0.4, 0.5) is 0 Å². The van der Waals surface area contributed by atoms with Gasteiger partial charge in [0.1, 0.15) is 11.5 Å². The molecule has 0 aliphatic carbocycles. The molecule has 0 saturated heterocycles. The molecule has 2 aromatic carbocycles. The second-order valence-corrected chi connectivity index (χ2v) is 5.39. The number of hydrogen-bond donors (Lipinski definition) is 3. The van der Waals surface area contributed by atoms with Crippen LogP contribution in [0.1, 0.15) is 23.2 Å². The van der Waals surface area contributed by atoms with Crippen LogP contribution in [-0.4, -0.2) is 36.6 Å². The monoisotopic (exact) mass is 342 g/mol. The topological polar surface area (TPSA) is 87.7 Å². The molecule has 6 heteroatoms. The van der Waals surface area contributed by atoms with Crippen molar-refractivity contribution >= 4 is 11.8 Å². The zero-order valence-corrected chi connectivity index (χ0v) is 13.9. The molecule has 6 nitrogen and oxygen atoms in total. The molecule has 3 N–H and O–H groups in total. The van der Waals surface area contributed by atoms with Crippen molar-refractivity contribution in [1.29, 1.82) is 0 Å². The van der Waals surface area contributed by atoms with Crippen LogP contribution in [0.3, 0.4) is 0 Å². The van der Waals surface area contributed by atoms with E-state index in [4.69, 9.17) is 4.74 Å². The van der Waals surface area contributed by atoms with Gasteiger partial charge in [0.15, 0.2) is 0 Å². The Bertz CT molecular complexity index is 689. The molecule has 0 radical (unpaired) electrons. The van der Waals surface area contributed by atoms with Crippen LogP contribution in [0.5, 0.6) is 11.5 Å². The van der Waals surface area contributed by atoms with Gasteiger partial charge >= 0.3 is 0 Å². The van der Waals surface area contributed by atoms with Crippen molar-refractivity contribution < 1.29 is 19.4 Å². The van der Waals surface area contributed by atoms with E-state index in [1.54, 1.807) is 12.1 Å². The Balaban J connectivity index is 1.55. The van der Waals surface area contributed by atoms with E-state index in [-0.39, 0.29) is 23.1 Å². The lowest BCUT2D eigenvalue weighted by Crippen LogP contribution is -2.34. The maximum absolute atomic E-state index is 11.9. The quantitative estimate of drug-likeness (QED) is 0.609. The van der Waals surface area contributed by atoms with Gasteiger partial charge in [-0.15, -0.1) is 0 Å². The van der Waals surface area contributed by atoms with Crippen molar-refractivity contribution in [1.82, 2.24) is 10.6 Å². The van der Waals surface area contributed by atoms with Gasteiger partial charge in [-0.1, -0.05) is 30.3 Å². The number of benzene rings is 2. The Morgan fingerprint density at radius 2 is 1.60 bits per heavy atom. The van der Waals surface area contributed by atoms with Gasteiger partial charge in [0.2, 0.25) is 5.91 Å². The van der Waals surface area contributed by atoms with Crippen LogP contribution in [-0.2, 0) is 4.79 Å². The number of para-hydroxylation sites is 2. The van der Waals surface area contributed by atoms with Gasteiger partial charge in [-0.05, 0) is 30.7 Å². The molecule has 0 saturated carbocycles. The Morgan fingerprint density at radius 1 is 0.920 bits per heavy atom. The SMILES string of the molecule is O=C(CCCOc1ccccc1)NCCNC(=O)c1ccccc1O. The van der Waals surface area contributed by atoms with E-state index in [9.17, 15) is 14.7 Å². The molecule has 0 spiro atoms. The fourth-order valence-corrected chi connectivity index (χ4v) is 2.17. The molecule has 25 heavy (non-hydrogen) atoms. The molecule has 0 heterocycles. The van der Waals surface area contributed by atoms with Gasteiger partial charge < -0.3 is 20.5 Å². The summed E-state index contributed by atoms with van der Waals surface area (Å²) in [6.45, 7) is 1.10. The van der Waals surface area contributed by atoms with E-state index < -0.39 is 0 Å². The van der Waals surface area contributed by atoms with Gasteiger partial charge in [-0.2, -0.15) is 0 Å². The summed E-state index contributed by atoms with van der Waals surface area (Å²) in [4.78, 5) is 23.6. The number of phenols is 1. The Hall–Kier alpha value is -3.02. The minimum absolute atomic E-state index is 0.0672. The van der Waals surface area contributed by atoms with Crippen molar-refractivity contribution in [3.8, 4) is 11.5 Å². The fraction of sp³-hybridized carbons (Fsp3) is 0.263. The number of phenolic OH excluding ortho intramolecular Hbond substituents is 1. The highest BCUT2D eigenvalue weighted by atomic mass is 16.5. The molecular weight excluding hydrogens is 320 g/mol. The molecule has 0 atom stereocenters. The molecule has 2 rings (SSSR count). The highest BCUT2D eigenvalue weighted by Gasteiger charge is 2.09. The highest BCUT2D eigenvalue weighted by Crippen LogP contribution is 2.14. The number of aromatic hydroxyl groups is 1. The smallest absolute Gasteiger partial charge is 0.255 e. The lowest BCUT2D eigenvalue weighted by molar-refractivity contribution is -0.121. The van der Waals surface area contributed by atoms with E-state index in [1.807, 2.05) is 30.3 Å². The molecule has 0 aromatic heterocycles. The van der Waals surface area contributed by atoms with Gasteiger partial charge in [-0.25, -0.2) is 0 Å². The number of ether oxygens (including phenoxy) is 1. The maximum Gasteiger partial charge on any atom is 0.255 e. The standard InChI is InChI=1S/C19H22N2O4/c22-17-10-5-4-9-16(17)19(24)21-13-12-20-18(23)11-6-14-25-15-7-2-1-3-8-15/h1-5,7-10,22H,6,11-14H2,(H,20,23)(H,21,24). The average Bonchev–Trinajstić information content (AvgIpc) is 2.63. The summed E-state index contributed by atoms with van der Waals surface area (Å²) in [6, 6.07) is 15.8. The first-order valence-electron chi connectivity index (χ1n) is 8.17. The van der Waals surface area contributed by atoms with Crippen LogP contribution < -0.4 is 15.4 Å². The third kappa shape index (κ3) is 6.55. The average molecular weight is 342 g/mol. The molecule has 0 fully saturated rings. The first kappa shape index (κ1) is 18.3. The number of hydrogen-bond acceptors (Lipinski definition) is 4. The van der Waals surface area contributed by atoms with Crippen molar-refractivity contribution in [3.63, 3.8) is 0 Å². The second kappa shape index (κ2) is 9.97. The molecule has 132 valence electrons. The largest absolute Gasteiger partial charge is 0.507 e. The number of carbonyl (C=O) groups excluding carboxylic acids is 2. The normalized spacial score (nSPS) is 10.1. The highest BCUT2D eigenvalue weighted by molar-refractivity contribution is 5.96. The van der Waals surface area contributed by atoms with E-state index in [0.717, 1.165) is 5.75 Å². The van der Waals surface area contributed by atoms with Gasteiger partial charge in [0.25, 0.3) is 5.91 Å². The molecule has 2 amide bonds. The second-order valence-electron chi connectivity index (χ2n) is 5.39. The lowest BCUT2D eigenvalue weighted by atomic mass is 10.2. The molecule has 0 aliphatic heterocycles. The molecule has 0 unspecified atom stereocenters. The molecule has 0 aliphatic rings. The summed E-state index contributed by atoms with van der Waals surface area (Å²) in [6.07, 6.45) is 0.977. The molecular formula is C19H22N2O4. The van der Waals surface area contributed by atoms with Gasteiger partial charge in [-0.3, -0.25) is 9.59 Å². The maximum atomic E-state index is 11.9. The van der Waals surface area contributed by atoms with Crippen LogP contribution >= 0.6 is 0 Å². The van der Waals surface area contributed by atoms with Crippen molar-refractivity contribution in [2.75, 3.05) is 19.7 Å². The van der Waals surface area contributed by atoms with Crippen LogP contribution in [0.2, 0.25) is 0 Å². The Morgan fingerprint density at radius 3 is 2.36 bits per heavy atom. The summed E-state index contributed by atoms with van der Waals surface area (Å²) < 4.78 is 5.51. The lowest BCUT2D eigenvalue weighted by Gasteiger charge is -2.08. The number of nitrogens with one attached hydrogen (secondary N) is 2. The minimum atomic E-state index is -0.372. The Labute approximate surface area is 146 Å². The van der Waals surface area contributed by atoms with E-state index >= 15 is 0 Å². The summed E-state index contributed by atoms with van der Waals surface area (Å²) in [5.41, 5.74) is 0.215. The summed E-state index contributed by atoms with van der Waals surface area (Å²) in [5, 5.41) is 15.0. The summed E-state index contributed by atoms with van der Waals surface area (Å²) >= 11 is 0. The van der Waals surface area contributed by atoms with E-state index in [2.05, 4.69) is 10.6 Å². The number of carbonyl (C=O) groups is 2. The van der Waals surface area contributed by atoms with Crippen LogP contribution in [0.15, 0.2) is 54.6 Å². The van der Waals surface area contributed by atoms with Gasteiger partial charge in [0.05, 0.1) is 12.2 Å². The van der Waals surface area contributed by atoms with E-state index in [1.165, 1.54) is 12.1 Å². The third-order valence-corrected chi connectivity index (χ3v) is 3.44. The van der Waals surface area contributed by atoms with E-state index in [0.29, 0.717) is 32.5 Å². The number of amides is 2. The predicted octanol–water partition coefficient (Wildman–Crippen LogP) is 2.10. The first-order valence-corrected chi connectivity index (χ1v) is 8.17. The van der Waals surface area contributed by atoms with Gasteiger partial charge in [0, 0.05) is 19.5 Å². The zero-order chi connectivity index (χ0) is 17.9. The Kier molecular flexibility index (Phi) is 7.31. The van der Waals surface area contributed by atoms with Crippen molar-refractivity contribution in [2.24, 2.45) is 0 Å². The molecule has 0 bridgehead atoms. The predicted molar refractivity (Wildman–Crippen MR) is 94.6 cm³/mol.